The van der Waals surface area contributed by atoms with Gasteiger partial charge in [0, 0.05) is 20.2 Å². The largest absolute Gasteiger partial charge is 0.504 e. The number of rotatable bonds is 7. The van der Waals surface area contributed by atoms with E-state index in [2.05, 4.69) is 17.4 Å². The first-order chi connectivity index (χ1) is 10.2. The average molecular weight is 287 g/mol. The Morgan fingerprint density at radius 2 is 1.76 bits per heavy atom. The molecule has 0 aromatic heterocycles. The molecule has 4 heteroatoms. The summed E-state index contributed by atoms with van der Waals surface area (Å²) in [5.41, 5.74) is 3.42. The van der Waals surface area contributed by atoms with Crippen molar-refractivity contribution in [3.8, 4) is 11.5 Å². The molecule has 4 nitrogen and oxygen atoms in total. The van der Waals surface area contributed by atoms with Gasteiger partial charge in [-0.1, -0.05) is 30.3 Å². The van der Waals surface area contributed by atoms with Crippen LogP contribution in [0.3, 0.4) is 0 Å². The third-order valence-corrected chi connectivity index (χ3v) is 3.31. The predicted molar refractivity (Wildman–Crippen MR) is 82.4 cm³/mol. The van der Waals surface area contributed by atoms with Gasteiger partial charge in [0.2, 0.25) is 0 Å². The molecule has 0 aliphatic heterocycles. The Morgan fingerprint density at radius 1 is 1.00 bits per heavy atom. The first kappa shape index (κ1) is 15.4. The molecule has 0 saturated heterocycles. The highest BCUT2D eigenvalue weighted by atomic mass is 16.5. The molecular formula is C17H21NO3. The zero-order valence-electron chi connectivity index (χ0n) is 12.4. The third-order valence-electron chi connectivity index (χ3n) is 3.31. The van der Waals surface area contributed by atoms with Crippen LogP contribution in [-0.2, 0) is 24.4 Å². The summed E-state index contributed by atoms with van der Waals surface area (Å²) in [6.07, 6.45) is 0. The van der Waals surface area contributed by atoms with Gasteiger partial charge in [-0.3, -0.25) is 0 Å². The van der Waals surface area contributed by atoms with Crippen molar-refractivity contribution in [3.63, 3.8) is 0 Å². The van der Waals surface area contributed by atoms with Crippen LogP contribution in [0, 0.1) is 0 Å². The van der Waals surface area contributed by atoms with Crippen molar-refractivity contribution in [1.29, 1.82) is 0 Å². The van der Waals surface area contributed by atoms with Crippen LogP contribution in [0.2, 0.25) is 0 Å². The topological polar surface area (TPSA) is 50.7 Å². The molecule has 0 bridgehead atoms. The van der Waals surface area contributed by atoms with Gasteiger partial charge in [-0.05, 0) is 28.8 Å². The Kier molecular flexibility index (Phi) is 5.60. The van der Waals surface area contributed by atoms with Crippen LogP contribution in [0.1, 0.15) is 16.7 Å². The number of nitrogens with one attached hydrogen (secondary N) is 1. The van der Waals surface area contributed by atoms with Crippen molar-refractivity contribution in [3.05, 3.63) is 59.2 Å². The van der Waals surface area contributed by atoms with Gasteiger partial charge in [-0.25, -0.2) is 0 Å². The van der Waals surface area contributed by atoms with Gasteiger partial charge in [0.05, 0.1) is 13.7 Å². The minimum atomic E-state index is 0.164. The summed E-state index contributed by atoms with van der Waals surface area (Å²) >= 11 is 0. The summed E-state index contributed by atoms with van der Waals surface area (Å²) in [5.74, 6) is 0.653. The maximum absolute atomic E-state index is 9.75. The van der Waals surface area contributed by atoms with Gasteiger partial charge in [-0.15, -0.1) is 0 Å². The molecule has 0 heterocycles. The average Bonchev–Trinajstić information content (AvgIpc) is 2.49. The Labute approximate surface area is 125 Å². The lowest BCUT2D eigenvalue weighted by Crippen LogP contribution is -2.14. The SMILES string of the molecule is COCc1ccccc1CNCc1ccc(OC)c(O)c1. The number of ether oxygens (including phenoxy) is 2. The van der Waals surface area contributed by atoms with Gasteiger partial charge in [-0.2, -0.15) is 0 Å². The van der Waals surface area contributed by atoms with Gasteiger partial charge < -0.3 is 19.9 Å². The third kappa shape index (κ3) is 4.21. The number of hydrogen-bond donors (Lipinski definition) is 2. The standard InChI is InChI=1S/C17H21NO3/c1-20-12-15-6-4-3-5-14(15)11-18-10-13-7-8-17(21-2)16(19)9-13/h3-9,18-19H,10-12H2,1-2H3. The second kappa shape index (κ2) is 7.67. The van der Waals surface area contributed by atoms with Crippen LogP contribution in [0.4, 0.5) is 0 Å². The van der Waals surface area contributed by atoms with E-state index >= 15 is 0 Å². The molecule has 0 aliphatic carbocycles. The zero-order valence-corrected chi connectivity index (χ0v) is 12.4. The number of aromatic hydroxyl groups is 1. The summed E-state index contributed by atoms with van der Waals surface area (Å²) in [6, 6.07) is 13.6. The molecule has 0 radical (unpaired) electrons. The number of benzene rings is 2. The summed E-state index contributed by atoms with van der Waals surface area (Å²) in [5, 5.41) is 13.1. The normalized spacial score (nSPS) is 10.6. The van der Waals surface area contributed by atoms with Crippen molar-refractivity contribution in [2.45, 2.75) is 19.7 Å². The Balaban J connectivity index is 1.94. The van der Waals surface area contributed by atoms with E-state index in [-0.39, 0.29) is 5.75 Å². The van der Waals surface area contributed by atoms with Crippen molar-refractivity contribution in [1.82, 2.24) is 5.32 Å². The fraction of sp³-hybridized carbons (Fsp3) is 0.294. The highest BCUT2D eigenvalue weighted by molar-refractivity contribution is 5.41. The van der Waals surface area contributed by atoms with E-state index in [1.807, 2.05) is 18.2 Å². The van der Waals surface area contributed by atoms with Gasteiger partial charge >= 0.3 is 0 Å². The van der Waals surface area contributed by atoms with Gasteiger partial charge in [0.1, 0.15) is 0 Å². The lowest BCUT2D eigenvalue weighted by Gasteiger charge is -2.11. The van der Waals surface area contributed by atoms with Crippen molar-refractivity contribution >= 4 is 0 Å². The molecule has 112 valence electrons. The number of hydrogen-bond acceptors (Lipinski definition) is 4. The second-order valence-electron chi connectivity index (χ2n) is 4.81. The molecule has 21 heavy (non-hydrogen) atoms. The van der Waals surface area contributed by atoms with Crippen LogP contribution in [-0.4, -0.2) is 19.3 Å². The first-order valence-corrected chi connectivity index (χ1v) is 6.87. The molecule has 2 rings (SSSR count). The van der Waals surface area contributed by atoms with E-state index in [0.29, 0.717) is 18.9 Å². The monoisotopic (exact) mass is 287 g/mol. The highest BCUT2D eigenvalue weighted by Crippen LogP contribution is 2.26. The fourth-order valence-corrected chi connectivity index (χ4v) is 2.21. The molecule has 0 saturated carbocycles. The van der Waals surface area contributed by atoms with Crippen molar-refractivity contribution < 1.29 is 14.6 Å². The maximum atomic E-state index is 9.75. The lowest BCUT2D eigenvalue weighted by atomic mass is 10.1. The molecule has 0 aliphatic rings. The van der Waals surface area contributed by atoms with Gasteiger partial charge in [0.25, 0.3) is 0 Å². The number of phenolic OH excluding ortho intramolecular Hbond substituents is 1. The molecule has 2 aromatic carbocycles. The number of phenols is 1. The van der Waals surface area contributed by atoms with Crippen LogP contribution in [0.5, 0.6) is 11.5 Å². The molecule has 0 amide bonds. The minimum Gasteiger partial charge on any atom is -0.504 e. The van der Waals surface area contributed by atoms with E-state index in [1.165, 1.54) is 11.1 Å². The smallest absolute Gasteiger partial charge is 0.160 e. The Hall–Kier alpha value is -2.04. The molecule has 0 unspecified atom stereocenters. The first-order valence-electron chi connectivity index (χ1n) is 6.87. The van der Waals surface area contributed by atoms with Crippen LogP contribution in [0.15, 0.2) is 42.5 Å². The Bertz CT molecular complexity index is 584. The molecule has 2 aromatic rings. The van der Waals surface area contributed by atoms with E-state index in [0.717, 1.165) is 12.1 Å². The van der Waals surface area contributed by atoms with E-state index in [1.54, 1.807) is 26.4 Å². The number of methoxy groups -OCH3 is 2. The summed E-state index contributed by atoms with van der Waals surface area (Å²) in [4.78, 5) is 0. The van der Waals surface area contributed by atoms with Crippen LogP contribution < -0.4 is 10.1 Å². The quantitative estimate of drug-likeness (QED) is 0.822. The molecule has 0 fully saturated rings. The zero-order chi connectivity index (χ0) is 15.1. The summed E-state index contributed by atoms with van der Waals surface area (Å²) < 4.78 is 10.2. The molecule has 0 atom stereocenters. The fourth-order valence-electron chi connectivity index (χ4n) is 2.21. The molecular weight excluding hydrogens is 266 g/mol. The van der Waals surface area contributed by atoms with Crippen molar-refractivity contribution in [2.75, 3.05) is 14.2 Å². The van der Waals surface area contributed by atoms with Crippen LogP contribution >= 0.6 is 0 Å². The minimum absolute atomic E-state index is 0.164. The Morgan fingerprint density at radius 3 is 2.43 bits per heavy atom. The highest BCUT2D eigenvalue weighted by Gasteiger charge is 2.04. The predicted octanol–water partition coefficient (Wildman–Crippen LogP) is 2.84. The van der Waals surface area contributed by atoms with E-state index in [9.17, 15) is 5.11 Å². The second-order valence-corrected chi connectivity index (χ2v) is 4.81. The molecule has 0 spiro atoms. The summed E-state index contributed by atoms with van der Waals surface area (Å²) in [7, 11) is 3.24. The maximum Gasteiger partial charge on any atom is 0.160 e. The van der Waals surface area contributed by atoms with E-state index < -0.39 is 0 Å². The van der Waals surface area contributed by atoms with Gasteiger partial charge in [0.15, 0.2) is 11.5 Å². The van der Waals surface area contributed by atoms with Crippen molar-refractivity contribution in [2.24, 2.45) is 0 Å². The summed E-state index contributed by atoms with van der Waals surface area (Å²) in [6.45, 7) is 2.05. The van der Waals surface area contributed by atoms with E-state index in [4.69, 9.17) is 9.47 Å². The van der Waals surface area contributed by atoms with Crippen LogP contribution in [0.25, 0.3) is 0 Å². The molecule has 2 N–H and O–H groups in total. The lowest BCUT2D eigenvalue weighted by molar-refractivity contribution is 0.184.